The van der Waals surface area contributed by atoms with Crippen LogP contribution in [0.25, 0.3) is 0 Å². The third-order valence-electron chi connectivity index (χ3n) is 3.38. The number of carbonyl (C=O) groups excluding carboxylic acids is 2. The molecule has 8 nitrogen and oxygen atoms in total. The Kier molecular flexibility index (Phi) is 6.85. The minimum Gasteiger partial charge on any atom is -0.494 e. The van der Waals surface area contributed by atoms with Crippen molar-refractivity contribution < 1.29 is 32.2 Å². The number of rotatable bonds is 7. The van der Waals surface area contributed by atoms with Crippen LogP contribution in [0.1, 0.15) is 19.5 Å². The molecule has 1 aromatic carbocycles. The first kappa shape index (κ1) is 21.1. The number of hydrogen-bond donors (Lipinski definition) is 2. The number of halogens is 3. The highest BCUT2D eigenvalue weighted by atomic mass is 19.4. The van der Waals surface area contributed by atoms with E-state index in [1.54, 1.807) is 24.3 Å². The molecule has 2 aromatic rings. The van der Waals surface area contributed by atoms with Crippen molar-refractivity contribution in [2.45, 2.75) is 32.7 Å². The summed E-state index contributed by atoms with van der Waals surface area (Å²) in [7, 11) is 0. The summed E-state index contributed by atoms with van der Waals surface area (Å²) < 4.78 is 48.9. The highest BCUT2D eigenvalue weighted by Gasteiger charge is 2.33. The first-order valence-electron chi connectivity index (χ1n) is 8.28. The molecule has 2 amide bonds. The number of benzene rings is 1. The number of nitrogens with one attached hydrogen (secondary N) is 2. The van der Waals surface area contributed by atoms with Gasteiger partial charge in [0.2, 0.25) is 0 Å². The number of aromatic nitrogens is 2. The van der Waals surface area contributed by atoms with Crippen LogP contribution in [0.15, 0.2) is 36.5 Å². The van der Waals surface area contributed by atoms with E-state index in [0.717, 1.165) is 16.9 Å². The predicted molar refractivity (Wildman–Crippen MR) is 91.2 cm³/mol. The van der Waals surface area contributed by atoms with Gasteiger partial charge in [-0.05, 0) is 44.2 Å². The Balaban J connectivity index is 1.78. The van der Waals surface area contributed by atoms with Gasteiger partial charge in [0.1, 0.15) is 18.0 Å². The molecule has 0 spiro atoms. The molecule has 0 bridgehead atoms. The summed E-state index contributed by atoms with van der Waals surface area (Å²) in [6.45, 7) is 3.35. The Bertz CT molecular complexity index is 805. The van der Waals surface area contributed by atoms with Crippen LogP contribution < -0.4 is 20.3 Å². The van der Waals surface area contributed by atoms with Gasteiger partial charge in [-0.3, -0.25) is 25.1 Å². The van der Waals surface area contributed by atoms with E-state index >= 15 is 0 Å². The maximum absolute atomic E-state index is 12.5. The second-order valence-corrected chi connectivity index (χ2v) is 5.60. The lowest BCUT2D eigenvalue weighted by atomic mass is 10.3. The molecule has 0 aliphatic carbocycles. The Morgan fingerprint density at radius 1 is 1.14 bits per heavy atom. The van der Waals surface area contributed by atoms with Crippen LogP contribution in [0, 0.1) is 0 Å². The average Bonchev–Trinajstić information content (AvgIpc) is 3.10. The van der Waals surface area contributed by atoms with Crippen molar-refractivity contribution in [2.24, 2.45) is 0 Å². The van der Waals surface area contributed by atoms with Gasteiger partial charge < -0.3 is 9.47 Å². The quantitative estimate of drug-likeness (QED) is 0.693. The van der Waals surface area contributed by atoms with Gasteiger partial charge in [0, 0.05) is 6.20 Å². The third-order valence-corrected chi connectivity index (χ3v) is 3.38. The van der Waals surface area contributed by atoms with Crippen LogP contribution in [-0.4, -0.2) is 34.3 Å². The fourth-order valence-corrected chi connectivity index (χ4v) is 2.06. The van der Waals surface area contributed by atoms with Crippen molar-refractivity contribution in [1.29, 1.82) is 0 Å². The molecule has 2 rings (SSSR count). The van der Waals surface area contributed by atoms with Gasteiger partial charge in [-0.1, -0.05) is 0 Å². The molecule has 0 saturated heterocycles. The largest absolute Gasteiger partial charge is 0.494 e. The van der Waals surface area contributed by atoms with E-state index in [-0.39, 0.29) is 0 Å². The molecule has 1 aromatic heterocycles. The zero-order valence-corrected chi connectivity index (χ0v) is 15.1. The summed E-state index contributed by atoms with van der Waals surface area (Å²) in [5.74, 6) is -0.308. The summed E-state index contributed by atoms with van der Waals surface area (Å²) in [4.78, 5) is 23.7. The predicted octanol–water partition coefficient (Wildman–Crippen LogP) is 1.92. The summed E-state index contributed by atoms with van der Waals surface area (Å²) in [6, 6.07) is 7.38. The molecule has 28 heavy (non-hydrogen) atoms. The van der Waals surface area contributed by atoms with Gasteiger partial charge in [0.05, 0.1) is 6.61 Å². The fourth-order valence-electron chi connectivity index (χ4n) is 2.06. The maximum atomic E-state index is 12.5. The van der Waals surface area contributed by atoms with E-state index < -0.39 is 36.3 Å². The molecule has 2 N–H and O–H groups in total. The van der Waals surface area contributed by atoms with Crippen LogP contribution in [0.2, 0.25) is 0 Å². The number of hydrazine groups is 1. The van der Waals surface area contributed by atoms with E-state index in [2.05, 4.69) is 16.0 Å². The Morgan fingerprint density at radius 3 is 2.36 bits per heavy atom. The fraction of sp³-hybridized carbons (Fsp3) is 0.353. The van der Waals surface area contributed by atoms with E-state index in [1.165, 1.54) is 6.92 Å². The number of alkyl halides is 3. The van der Waals surface area contributed by atoms with E-state index in [4.69, 9.17) is 9.47 Å². The Hall–Kier alpha value is -3.24. The van der Waals surface area contributed by atoms with Crippen molar-refractivity contribution in [2.75, 3.05) is 6.61 Å². The molecular formula is C17H19F3N4O4. The zero-order chi connectivity index (χ0) is 20.7. The summed E-state index contributed by atoms with van der Waals surface area (Å²) in [6.07, 6.45) is -4.51. The molecule has 0 aliphatic rings. The minimum absolute atomic E-state index is 0.425. The van der Waals surface area contributed by atoms with E-state index in [0.29, 0.717) is 18.1 Å². The van der Waals surface area contributed by atoms with E-state index in [9.17, 15) is 22.8 Å². The number of nitrogens with zero attached hydrogens (tertiary/aromatic N) is 2. The highest BCUT2D eigenvalue weighted by Crippen LogP contribution is 2.27. The monoisotopic (exact) mass is 400 g/mol. The SMILES string of the molecule is CCOc1ccc(O[C@@H](C)C(=O)NNC(=O)Cn2ccc(C(F)(F)F)n2)cc1. The molecule has 0 saturated carbocycles. The van der Waals surface area contributed by atoms with Gasteiger partial charge in [-0.15, -0.1) is 0 Å². The molecule has 1 heterocycles. The average molecular weight is 400 g/mol. The summed E-state index contributed by atoms with van der Waals surface area (Å²) in [5, 5.41) is 3.24. The van der Waals surface area contributed by atoms with Crippen LogP contribution in [-0.2, 0) is 22.3 Å². The molecular weight excluding hydrogens is 381 g/mol. The van der Waals surface area contributed by atoms with Gasteiger partial charge in [0.25, 0.3) is 11.8 Å². The minimum atomic E-state index is -4.59. The van der Waals surface area contributed by atoms with Crippen LogP contribution in [0.4, 0.5) is 13.2 Å². The lowest BCUT2D eigenvalue weighted by Gasteiger charge is -2.15. The Morgan fingerprint density at radius 2 is 1.79 bits per heavy atom. The maximum Gasteiger partial charge on any atom is 0.435 e. The van der Waals surface area contributed by atoms with Crippen molar-refractivity contribution in [3.8, 4) is 11.5 Å². The van der Waals surface area contributed by atoms with Crippen molar-refractivity contribution in [1.82, 2.24) is 20.6 Å². The van der Waals surface area contributed by atoms with Crippen molar-refractivity contribution in [3.63, 3.8) is 0 Å². The number of hydrogen-bond acceptors (Lipinski definition) is 5. The second-order valence-electron chi connectivity index (χ2n) is 5.60. The standard InChI is InChI=1S/C17H19F3N4O4/c1-3-27-12-4-6-13(7-5-12)28-11(2)16(26)22-21-15(25)10-24-9-8-14(23-24)17(18,19)20/h4-9,11H,3,10H2,1-2H3,(H,21,25)(H,22,26)/t11-/m0/s1. The molecule has 152 valence electrons. The number of amides is 2. The topological polar surface area (TPSA) is 94.5 Å². The molecule has 1 atom stereocenters. The van der Waals surface area contributed by atoms with Crippen LogP contribution >= 0.6 is 0 Å². The summed E-state index contributed by atoms with van der Waals surface area (Å²) in [5.41, 5.74) is 3.12. The van der Waals surface area contributed by atoms with Gasteiger partial charge >= 0.3 is 6.18 Å². The van der Waals surface area contributed by atoms with Gasteiger partial charge in [0.15, 0.2) is 11.8 Å². The smallest absolute Gasteiger partial charge is 0.435 e. The number of carbonyl (C=O) groups is 2. The molecule has 0 radical (unpaired) electrons. The lowest BCUT2D eigenvalue weighted by Crippen LogP contribution is -2.48. The molecule has 0 unspecified atom stereocenters. The summed E-state index contributed by atoms with van der Waals surface area (Å²) >= 11 is 0. The normalized spacial score (nSPS) is 12.2. The number of ether oxygens (including phenoxy) is 2. The van der Waals surface area contributed by atoms with E-state index in [1.807, 2.05) is 6.92 Å². The molecule has 0 fully saturated rings. The molecule has 11 heteroatoms. The van der Waals surface area contributed by atoms with Gasteiger partial charge in [-0.25, -0.2) is 0 Å². The van der Waals surface area contributed by atoms with Crippen molar-refractivity contribution >= 4 is 11.8 Å². The van der Waals surface area contributed by atoms with Crippen LogP contribution in [0.3, 0.4) is 0 Å². The third kappa shape index (κ3) is 6.18. The highest BCUT2D eigenvalue weighted by molar-refractivity contribution is 5.84. The zero-order valence-electron chi connectivity index (χ0n) is 15.1. The Labute approximate surface area is 158 Å². The second kappa shape index (κ2) is 9.11. The molecule has 0 aliphatic heterocycles. The lowest BCUT2D eigenvalue weighted by molar-refractivity contribution is -0.141. The van der Waals surface area contributed by atoms with Gasteiger partial charge in [-0.2, -0.15) is 18.3 Å². The van der Waals surface area contributed by atoms with Crippen LogP contribution in [0.5, 0.6) is 11.5 Å². The van der Waals surface area contributed by atoms with Crippen molar-refractivity contribution in [3.05, 3.63) is 42.2 Å². The first-order valence-corrected chi connectivity index (χ1v) is 8.28. The first-order chi connectivity index (χ1) is 13.2.